The number of carbonyl (C=O) groups is 1. The summed E-state index contributed by atoms with van der Waals surface area (Å²) in [6.45, 7) is 2.70. The van der Waals surface area contributed by atoms with Gasteiger partial charge in [-0.05, 0) is 63.4 Å². The molecule has 5 heteroatoms. The predicted octanol–water partition coefficient (Wildman–Crippen LogP) is 1.96. The van der Waals surface area contributed by atoms with Gasteiger partial charge in [-0.1, -0.05) is 0 Å². The van der Waals surface area contributed by atoms with Gasteiger partial charge < -0.3 is 19.9 Å². The summed E-state index contributed by atoms with van der Waals surface area (Å²) < 4.78 is 11.7. The van der Waals surface area contributed by atoms with Crippen LogP contribution in [0.25, 0.3) is 0 Å². The van der Waals surface area contributed by atoms with Crippen molar-refractivity contribution in [1.82, 2.24) is 5.32 Å². The summed E-state index contributed by atoms with van der Waals surface area (Å²) in [4.78, 5) is 12.3. The first-order valence-electron chi connectivity index (χ1n) is 8.64. The van der Waals surface area contributed by atoms with E-state index < -0.39 is 0 Å². The van der Waals surface area contributed by atoms with E-state index in [2.05, 4.69) is 5.32 Å². The number of rotatable bonds is 8. The lowest BCUT2D eigenvalue weighted by Crippen LogP contribution is -2.40. The first-order chi connectivity index (χ1) is 10.7. The summed E-state index contributed by atoms with van der Waals surface area (Å²) >= 11 is 0. The van der Waals surface area contributed by atoms with Crippen molar-refractivity contribution in [2.24, 2.45) is 17.8 Å². The highest BCUT2D eigenvalue weighted by molar-refractivity contribution is 5.92. The molecule has 0 aromatic carbocycles. The molecule has 3 atom stereocenters. The second kappa shape index (κ2) is 7.01. The van der Waals surface area contributed by atoms with Gasteiger partial charge in [-0.3, -0.25) is 4.79 Å². The number of nitrogens with one attached hydrogen (secondary N) is 1. The van der Waals surface area contributed by atoms with Crippen molar-refractivity contribution in [3.8, 4) is 0 Å². The largest absolute Gasteiger partial charge is 0.459 e. The lowest BCUT2D eigenvalue weighted by atomic mass is 9.82. The molecule has 0 saturated heterocycles. The van der Waals surface area contributed by atoms with Gasteiger partial charge in [0.05, 0.1) is 0 Å². The fraction of sp³-hybridized carbons (Fsp3) is 0.824. The van der Waals surface area contributed by atoms with Gasteiger partial charge >= 0.3 is 0 Å². The van der Waals surface area contributed by atoms with Gasteiger partial charge in [0, 0.05) is 25.2 Å². The molecular weight excluding hydrogens is 282 g/mol. The van der Waals surface area contributed by atoms with E-state index in [1.54, 1.807) is 0 Å². The number of ether oxygens (including phenoxy) is 2. The van der Waals surface area contributed by atoms with Gasteiger partial charge in [-0.25, -0.2) is 0 Å². The lowest BCUT2D eigenvalue weighted by molar-refractivity contribution is -0.173. The molecule has 0 aromatic heterocycles. The van der Waals surface area contributed by atoms with Gasteiger partial charge in [0.2, 0.25) is 6.29 Å². The fourth-order valence-corrected chi connectivity index (χ4v) is 3.29. The molecule has 2 N–H and O–H groups in total. The second-order valence-electron chi connectivity index (χ2n) is 6.66. The number of allylic oxidation sites excluding steroid dienone is 1. The molecule has 0 unspecified atom stereocenters. The van der Waals surface area contributed by atoms with Crippen LogP contribution in [-0.4, -0.2) is 36.6 Å². The molecule has 5 nitrogen and oxygen atoms in total. The average molecular weight is 309 g/mol. The molecule has 1 heterocycles. The number of aliphatic hydroxyl groups is 1. The summed E-state index contributed by atoms with van der Waals surface area (Å²) in [5.41, 5.74) is 0. The molecule has 0 radical (unpaired) electrons. The van der Waals surface area contributed by atoms with Crippen molar-refractivity contribution in [3.63, 3.8) is 0 Å². The summed E-state index contributed by atoms with van der Waals surface area (Å²) in [5.74, 6) is 1.54. The Kier molecular flexibility index (Phi) is 5.03. The molecule has 0 aromatic rings. The van der Waals surface area contributed by atoms with Crippen molar-refractivity contribution in [2.75, 3.05) is 13.2 Å². The molecule has 1 aliphatic heterocycles. The third kappa shape index (κ3) is 3.82. The standard InChI is InChI=1S/C17H27NO4/c1-2-21-17-13(4-3-9-19)14(11-5-6-11)10-15(22-17)16(20)18-12-7-8-12/h10-14,17,19H,2-9H2,1H3,(H,18,20)/t13-,14+,17+/m0/s1. The monoisotopic (exact) mass is 309 g/mol. The minimum Gasteiger partial charge on any atom is -0.459 e. The van der Waals surface area contributed by atoms with Crippen molar-refractivity contribution < 1.29 is 19.4 Å². The van der Waals surface area contributed by atoms with Crippen LogP contribution in [0.3, 0.4) is 0 Å². The number of hydrogen-bond acceptors (Lipinski definition) is 4. The van der Waals surface area contributed by atoms with E-state index in [0.29, 0.717) is 30.2 Å². The minimum atomic E-state index is -0.368. The summed E-state index contributed by atoms with van der Waals surface area (Å²) in [6, 6.07) is 0.328. The van der Waals surface area contributed by atoms with Crippen LogP contribution in [0.2, 0.25) is 0 Å². The number of hydrogen-bond donors (Lipinski definition) is 2. The van der Waals surface area contributed by atoms with E-state index in [0.717, 1.165) is 25.7 Å². The lowest BCUT2D eigenvalue weighted by Gasteiger charge is -2.37. The van der Waals surface area contributed by atoms with E-state index in [1.165, 1.54) is 12.8 Å². The van der Waals surface area contributed by atoms with E-state index in [-0.39, 0.29) is 24.7 Å². The zero-order valence-corrected chi connectivity index (χ0v) is 13.3. The molecule has 22 heavy (non-hydrogen) atoms. The maximum absolute atomic E-state index is 12.3. The third-order valence-electron chi connectivity index (χ3n) is 4.76. The van der Waals surface area contributed by atoms with Gasteiger partial charge in [0.1, 0.15) is 0 Å². The SMILES string of the molecule is CCO[C@@H]1OC(C(=O)NC2CC2)=C[C@H](C2CC2)[C@@H]1CCCO. The Morgan fingerprint density at radius 2 is 2.18 bits per heavy atom. The Morgan fingerprint density at radius 1 is 1.41 bits per heavy atom. The summed E-state index contributed by atoms with van der Waals surface area (Å²) in [7, 11) is 0. The molecule has 2 fully saturated rings. The summed E-state index contributed by atoms with van der Waals surface area (Å²) in [5, 5.41) is 12.1. The summed E-state index contributed by atoms with van der Waals surface area (Å²) in [6.07, 6.45) is 7.84. The fourth-order valence-electron chi connectivity index (χ4n) is 3.29. The van der Waals surface area contributed by atoms with E-state index in [9.17, 15) is 4.79 Å². The first-order valence-corrected chi connectivity index (χ1v) is 8.64. The maximum atomic E-state index is 12.3. The van der Waals surface area contributed by atoms with E-state index in [4.69, 9.17) is 14.6 Å². The minimum absolute atomic E-state index is 0.0986. The van der Waals surface area contributed by atoms with Crippen molar-refractivity contribution >= 4 is 5.91 Å². The Morgan fingerprint density at radius 3 is 2.77 bits per heavy atom. The molecule has 2 aliphatic carbocycles. The van der Waals surface area contributed by atoms with Crippen LogP contribution in [0.4, 0.5) is 0 Å². The molecule has 0 spiro atoms. The molecule has 0 bridgehead atoms. The predicted molar refractivity (Wildman–Crippen MR) is 81.8 cm³/mol. The quantitative estimate of drug-likeness (QED) is 0.719. The zero-order valence-electron chi connectivity index (χ0n) is 13.3. The Hall–Kier alpha value is -1.07. The highest BCUT2D eigenvalue weighted by atomic mass is 16.7. The Labute approximate surface area is 132 Å². The van der Waals surface area contributed by atoms with Crippen LogP contribution in [0, 0.1) is 17.8 Å². The molecule has 3 rings (SSSR count). The highest BCUT2D eigenvalue weighted by Crippen LogP contribution is 2.47. The van der Waals surface area contributed by atoms with Crippen molar-refractivity contribution in [3.05, 3.63) is 11.8 Å². The van der Waals surface area contributed by atoms with Crippen LogP contribution in [-0.2, 0) is 14.3 Å². The molecular formula is C17H27NO4. The molecule has 124 valence electrons. The smallest absolute Gasteiger partial charge is 0.286 e. The molecule has 3 aliphatic rings. The number of carbonyl (C=O) groups excluding carboxylic acids is 1. The number of amides is 1. The van der Waals surface area contributed by atoms with Gasteiger partial charge in [0.25, 0.3) is 5.91 Å². The first kappa shape index (κ1) is 15.8. The topological polar surface area (TPSA) is 67.8 Å². The maximum Gasteiger partial charge on any atom is 0.286 e. The third-order valence-corrected chi connectivity index (χ3v) is 4.76. The normalized spacial score (nSPS) is 31.4. The van der Waals surface area contributed by atoms with Crippen molar-refractivity contribution in [2.45, 2.75) is 57.8 Å². The van der Waals surface area contributed by atoms with E-state index in [1.807, 2.05) is 13.0 Å². The number of aliphatic hydroxyl groups excluding tert-OH is 1. The van der Waals surface area contributed by atoms with Crippen LogP contribution < -0.4 is 5.32 Å². The van der Waals surface area contributed by atoms with Crippen molar-refractivity contribution in [1.29, 1.82) is 0 Å². The molecule has 1 amide bonds. The second-order valence-corrected chi connectivity index (χ2v) is 6.66. The van der Waals surface area contributed by atoms with Crippen LogP contribution in [0.15, 0.2) is 11.8 Å². The van der Waals surface area contributed by atoms with Gasteiger partial charge in [-0.2, -0.15) is 0 Å². The van der Waals surface area contributed by atoms with Crippen LogP contribution in [0.1, 0.15) is 45.4 Å². The van der Waals surface area contributed by atoms with Gasteiger partial charge in [0.15, 0.2) is 5.76 Å². The van der Waals surface area contributed by atoms with E-state index >= 15 is 0 Å². The Bertz CT molecular complexity index is 428. The van der Waals surface area contributed by atoms with Crippen LogP contribution >= 0.6 is 0 Å². The van der Waals surface area contributed by atoms with Crippen LogP contribution in [0.5, 0.6) is 0 Å². The van der Waals surface area contributed by atoms with Gasteiger partial charge in [-0.15, -0.1) is 0 Å². The molecule has 2 saturated carbocycles. The highest BCUT2D eigenvalue weighted by Gasteiger charge is 2.44. The Balaban J connectivity index is 1.74. The zero-order chi connectivity index (χ0) is 15.5. The average Bonchev–Trinajstić information content (AvgIpc) is 3.38.